The third kappa shape index (κ3) is 2.98. The van der Waals surface area contributed by atoms with Crippen LogP contribution >= 0.6 is 27.5 Å². The van der Waals surface area contributed by atoms with Crippen LogP contribution in [0.25, 0.3) is 0 Å². The van der Waals surface area contributed by atoms with E-state index >= 15 is 0 Å². The van der Waals surface area contributed by atoms with Gasteiger partial charge in [-0.15, -0.1) is 0 Å². The lowest BCUT2D eigenvalue weighted by molar-refractivity contribution is 0.0663. The van der Waals surface area contributed by atoms with Gasteiger partial charge in [-0.2, -0.15) is 0 Å². The third-order valence-electron chi connectivity index (χ3n) is 2.63. The fourth-order valence-corrected chi connectivity index (χ4v) is 1.65. The largest absolute Gasteiger partial charge is 0.336 e. The molecular weight excluding hydrogens is 289 g/mol. The number of nitrogens with zero attached hydrogens (tertiary/aromatic N) is 1. The van der Waals surface area contributed by atoms with Crippen molar-refractivity contribution in [3.8, 4) is 0 Å². The Hall–Kier alpha value is -0.540. The molecule has 0 bridgehead atoms. The van der Waals surface area contributed by atoms with Crippen LogP contribution in [0.2, 0.25) is 5.02 Å². The lowest BCUT2D eigenvalue weighted by atomic mass is 10.1. The number of hydrogen-bond donors (Lipinski definition) is 0. The van der Waals surface area contributed by atoms with E-state index in [1.165, 1.54) is 0 Å². The molecule has 0 radical (unpaired) electrons. The molecule has 0 saturated heterocycles. The number of halogens is 2. The van der Waals surface area contributed by atoms with E-state index in [1.54, 1.807) is 36.2 Å². The van der Waals surface area contributed by atoms with E-state index in [9.17, 15) is 4.79 Å². The van der Waals surface area contributed by atoms with Crippen LogP contribution in [0, 0.1) is 0 Å². The molecule has 2 nitrogen and oxygen atoms in total. The minimum atomic E-state index is -0.212. The van der Waals surface area contributed by atoms with Gasteiger partial charge in [0, 0.05) is 28.5 Å². The number of hydrogen-bond acceptors (Lipinski definition) is 1. The second kappa shape index (κ2) is 5.19. The van der Waals surface area contributed by atoms with Crippen LogP contribution in [0.15, 0.2) is 24.3 Å². The smallest absolute Gasteiger partial charge is 0.254 e. The van der Waals surface area contributed by atoms with Gasteiger partial charge >= 0.3 is 0 Å². The number of carbonyl (C=O) groups excluding carboxylic acids is 1. The zero-order valence-electron chi connectivity index (χ0n) is 9.63. The maximum Gasteiger partial charge on any atom is 0.254 e. The second-order valence-electron chi connectivity index (χ2n) is 4.32. The highest BCUT2D eigenvalue weighted by Gasteiger charge is 2.26. The van der Waals surface area contributed by atoms with Crippen molar-refractivity contribution in [3.05, 3.63) is 34.9 Å². The summed E-state index contributed by atoms with van der Waals surface area (Å²) >= 11 is 9.19. The van der Waals surface area contributed by atoms with Gasteiger partial charge in [0.25, 0.3) is 5.91 Å². The van der Waals surface area contributed by atoms with Crippen molar-refractivity contribution in [2.75, 3.05) is 12.4 Å². The summed E-state index contributed by atoms with van der Waals surface area (Å²) in [6.07, 6.45) is 0. The first kappa shape index (κ1) is 13.5. The van der Waals surface area contributed by atoms with Gasteiger partial charge < -0.3 is 4.90 Å². The van der Waals surface area contributed by atoms with Crippen LogP contribution in [0.4, 0.5) is 0 Å². The average molecular weight is 305 g/mol. The van der Waals surface area contributed by atoms with Crippen molar-refractivity contribution in [3.63, 3.8) is 0 Å². The van der Waals surface area contributed by atoms with Gasteiger partial charge in [0.1, 0.15) is 0 Å². The number of benzene rings is 1. The summed E-state index contributed by atoms with van der Waals surface area (Å²) in [6.45, 7) is 4.02. The molecule has 0 aliphatic heterocycles. The maximum atomic E-state index is 12.1. The molecule has 0 fully saturated rings. The highest BCUT2D eigenvalue weighted by Crippen LogP contribution is 2.19. The van der Waals surface area contributed by atoms with E-state index in [2.05, 4.69) is 15.9 Å². The molecule has 0 heterocycles. The van der Waals surface area contributed by atoms with E-state index < -0.39 is 0 Å². The van der Waals surface area contributed by atoms with Crippen molar-refractivity contribution in [1.82, 2.24) is 4.90 Å². The van der Waals surface area contributed by atoms with Crippen molar-refractivity contribution in [2.45, 2.75) is 19.4 Å². The maximum absolute atomic E-state index is 12.1. The predicted molar refractivity (Wildman–Crippen MR) is 71.4 cm³/mol. The average Bonchev–Trinajstić information content (AvgIpc) is 2.28. The first-order valence-corrected chi connectivity index (χ1v) is 6.48. The monoisotopic (exact) mass is 303 g/mol. The molecule has 1 amide bonds. The van der Waals surface area contributed by atoms with Crippen molar-refractivity contribution in [2.24, 2.45) is 0 Å². The van der Waals surface area contributed by atoms with Crippen LogP contribution in [0.1, 0.15) is 24.2 Å². The molecule has 0 aliphatic carbocycles. The molecule has 4 heteroatoms. The molecule has 0 N–H and O–H groups in total. The normalized spacial score (nSPS) is 11.3. The van der Waals surface area contributed by atoms with Crippen LogP contribution < -0.4 is 0 Å². The molecular formula is C12H15BrClNO. The van der Waals surface area contributed by atoms with Crippen LogP contribution in [-0.4, -0.2) is 28.7 Å². The zero-order valence-corrected chi connectivity index (χ0v) is 12.0. The molecule has 0 atom stereocenters. The minimum absolute atomic E-state index is 0.00103. The van der Waals surface area contributed by atoms with Crippen LogP contribution in [0.3, 0.4) is 0 Å². The molecule has 0 aromatic heterocycles. The van der Waals surface area contributed by atoms with Gasteiger partial charge in [-0.1, -0.05) is 27.5 Å². The van der Waals surface area contributed by atoms with E-state index in [4.69, 9.17) is 11.6 Å². The van der Waals surface area contributed by atoms with E-state index in [1.807, 2.05) is 13.8 Å². The molecule has 1 rings (SSSR count). The minimum Gasteiger partial charge on any atom is -0.336 e. The first-order chi connectivity index (χ1) is 7.38. The Morgan fingerprint density at radius 3 is 2.31 bits per heavy atom. The van der Waals surface area contributed by atoms with Gasteiger partial charge in [0.15, 0.2) is 0 Å². The zero-order chi connectivity index (χ0) is 12.3. The molecule has 1 aromatic rings. The Balaban J connectivity index is 2.90. The summed E-state index contributed by atoms with van der Waals surface area (Å²) in [5.74, 6) is 0.00103. The predicted octanol–water partition coefficient (Wildman–Crippen LogP) is 3.59. The molecule has 0 spiro atoms. The van der Waals surface area contributed by atoms with Crippen LogP contribution in [0.5, 0.6) is 0 Å². The summed E-state index contributed by atoms with van der Waals surface area (Å²) in [5, 5.41) is 1.37. The molecule has 88 valence electrons. The van der Waals surface area contributed by atoms with Gasteiger partial charge in [-0.25, -0.2) is 0 Å². The SMILES string of the molecule is CN(C(=O)c1ccc(Cl)cc1)C(C)(C)CBr. The number of alkyl halides is 1. The van der Waals surface area contributed by atoms with E-state index in [0.717, 1.165) is 5.33 Å². The lowest BCUT2D eigenvalue weighted by Gasteiger charge is -2.34. The summed E-state index contributed by atoms with van der Waals surface area (Å²) in [4.78, 5) is 13.9. The fourth-order valence-electron chi connectivity index (χ4n) is 1.15. The van der Waals surface area contributed by atoms with E-state index in [-0.39, 0.29) is 11.4 Å². The Morgan fingerprint density at radius 1 is 1.38 bits per heavy atom. The molecule has 1 aromatic carbocycles. The molecule has 0 unspecified atom stereocenters. The summed E-state index contributed by atoms with van der Waals surface area (Å²) in [7, 11) is 1.80. The highest BCUT2D eigenvalue weighted by molar-refractivity contribution is 9.09. The summed E-state index contributed by atoms with van der Waals surface area (Å²) in [6, 6.07) is 6.94. The number of amides is 1. The van der Waals surface area contributed by atoms with Crippen molar-refractivity contribution < 1.29 is 4.79 Å². The van der Waals surface area contributed by atoms with Gasteiger partial charge in [-0.05, 0) is 38.1 Å². The standard InChI is InChI=1S/C12H15BrClNO/c1-12(2,8-13)15(3)11(16)9-4-6-10(14)7-5-9/h4-7H,8H2,1-3H3. The Labute approximate surface area is 110 Å². The Kier molecular flexibility index (Phi) is 4.39. The third-order valence-corrected chi connectivity index (χ3v) is 4.26. The van der Waals surface area contributed by atoms with Crippen molar-refractivity contribution >= 4 is 33.4 Å². The Bertz CT molecular complexity index is 375. The van der Waals surface area contributed by atoms with E-state index in [0.29, 0.717) is 10.6 Å². The molecule has 0 aliphatic rings. The molecule has 0 saturated carbocycles. The first-order valence-electron chi connectivity index (χ1n) is 4.98. The topological polar surface area (TPSA) is 20.3 Å². The number of carbonyl (C=O) groups is 1. The second-order valence-corrected chi connectivity index (χ2v) is 5.31. The quantitative estimate of drug-likeness (QED) is 0.782. The number of rotatable bonds is 3. The molecule has 16 heavy (non-hydrogen) atoms. The fraction of sp³-hybridized carbons (Fsp3) is 0.417. The Morgan fingerprint density at radius 2 is 1.88 bits per heavy atom. The summed E-state index contributed by atoms with van der Waals surface area (Å²) in [5.41, 5.74) is 0.442. The lowest BCUT2D eigenvalue weighted by Crippen LogP contribution is -2.46. The summed E-state index contributed by atoms with van der Waals surface area (Å²) < 4.78 is 0. The van der Waals surface area contributed by atoms with Gasteiger partial charge in [0.2, 0.25) is 0 Å². The van der Waals surface area contributed by atoms with Gasteiger partial charge in [0.05, 0.1) is 0 Å². The highest BCUT2D eigenvalue weighted by atomic mass is 79.9. The van der Waals surface area contributed by atoms with Crippen LogP contribution in [-0.2, 0) is 0 Å². The van der Waals surface area contributed by atoms with Gasteiger partial charge in [-0.3, -0.25) is 4.79 Å². The van der Waals surface area contributed by atoms with Crippen molar-refractivity contribution in [1.29, 1.82) is 0 Å².